The lowest BCUT2D eigenvalue weighted by Crippen LogP contribution is -2.49. The third-order valence-corrected chi connectivity index (χ3v) is 5.51. The van der Waals surface area contributed by atoms with Crippen LogP contribution in [0.3, 0.4) is 0 Å². The Kier molecular flexibility index (Phi) is 9.46. The van der Waals surface area contributed by atoms with Crippen LogP contribution in [0.2, 0.25) is 0 Å². The number of nitrogens with two attached hydrogens (primary N) is 1. The van der Waals surface area contributed by atoms with Crippen LogP contribution >= 0.6 is 24.2 Å². The highest BCUT2D eigenvalue weighted by molar-refractivity contribution is 7.99. The van der Waals surface area contributed by atoms with Gasteiger partial charge in [0.15, 0.2) is 11.5 Å². The summed E-state index contributed by atoms with van der Waals surface area (Å²) in [5, 5.41) is 0. The summed E-state index contributed by atoms with van der Waals surface area (Å²) in [6.07, 6.45) is 2.63. The van der Waals surface area contributed by atoms with Gasteiger partial charge < -0.3 is 20.1 Å². The van der Waals surface area contributed by atoms with Crippen molar-refractivity contribution < 1.29 is 14.3 Å². The number of hydrogen-bond acceptors (Lipinski definition) is 5. The summed E-state index contributed by atoms with van der Waals surface area (Å²) in [5.74, 6) is 3.04. The summed E-state index contributed by atoms with van der Waals surface area (Å²) in [7, 11) is 3.25. The van der Waals surface area contributed by atoms with Crippen molar-refractivity contribution in [1.82, 2.24) is 4.90 Å². The molecule has 1 amide bonds. The van der Waals surface area contributed by atoms with Gasteiger partial charge in [0.2, 0.25) is 5.91 Å². The number of piperidine rings is 1. The van der Waals surface area contributed by atoms with Crippen LogP contribution in [-0.2, 0) is 4.79 Å². The number of carbonyl (C=O) groups is 1. The van der Waals surface area contributed by atoms with Gasteiger partial charge in [-0.2, -0.15) is 0 Å². The van der Waals surface area contributed by atoms with Gasteiger partial charge in [0.1, 0.15) is 0 Å². The van der Waals surface area contributed by atoms with Crippen molar-refractivity contribution in [1.29, 1.82) is 0 Å². The Hall–Kier alpha value is -1.11. The zero-order valence-electron chi connectivity index (χ0n) is 15.2. The van der Waals surface area contributed by atoms with Gasteiger partial charge in [0, 0.05) is 36.2 Å². The first kappa shape index (κ1) is 21.9. The highest BCUT2D eigenvalue weighted by Gasteiger charge is 2.28. The minimum atomic E-state index is 0. The maximum absolute atomic E-state index is 12.5. The van der Waals surface area contributed by atoms with E-state index in [-0.39, 0.29) is 24.4 Å². The maximum atomic E-state index is 12.5. The van der Waals surface area contributed by atoms with Crippen LogP contribution in [-0.4, -0.2) is 49.9 Å². The van der Waals surface area contributed by atoms with Crippen LogP contribution in [0, 0.1) is 5.92 Å². The van der Waals surface area contributed by atoms with Crippen molar-refractivity contribution in [3.8, 4) is 11.5 Å². The zero-order valence-corrected chi connectivity index (χ0v) is 16.8. The van der Waals surface area contributed by atoms with Crippen molar-refractivity contribution in [2.45, 2.75) is 37.1 Å². The molecule has 0 spiro atoms. The topological polar surface area (TPSA) is 64.8 Å². The molecular formula is C18H29ClN2O3S. The molecule has 0 aliphatic carbocycles. The first-order valence-corrected chi connectivity index (χ1v) is 9.42. The number of likely N-dealkylation sites (tertiary alicyclic amines) is 1. The molecule has 5 nitrogen and oxygen atoms in total. The molecule has 1 fully saturated rings. The number of methoxy groups -OCH3 is 2. The standard InChI is InChI=1S/C18H28N2O3S.ClH/c1-13-6-8-20(14(10-13)12-19)18(21)7-9-24-15-4-5-16(22-2)17(11-15)23-3;/h4-5,11,13-14H,6-10,12,19H2,1-3H3;1H. The second-order valence-electron chi connectivity index (χ2n) is 6.22. The van der Waals surface area contributed by atoms with Crippen molar-refractivity contribution in [3.63, 3.8) is 0 Å². The fourth-order valence-electron chi connectivity index (χ4n) is 3.11. The van der Waals surface area contributed by atoms with E-state index in [0.29, 0.717) is 30.4 Å². The molecule has 1 aromatic rings. The molecule has 0 radical (unpaired) electrons. The van der Waals surface area contributed by atoms with Crippen LogP contribution in [0.15, 0.2) is 23.1 Å². The van der Waals surface area contributed by atoms with E-state index in [0.717, 1.165) is 30.0 Å². The Labute approximate surface area is 161 Å². The normalized spacial score (nSPS) is 19.9. The molecule has 1 saturated heterocycles. The van der Waals surface area contributed by atoms with E-state index in [1.54, 1.807) is 26.0 Å². The number of thioether (sulfide) groups is 1. The largest absolute Gasteiger partial charge is 0.493 e. The van der Waals surface area contributed by atoms with Crippen molar-refractivity contribution in [2.24, 2.45) is 11.7 Å². The number of nitrogens with zero attached hydrogens (tertiary/aromatic N) is 1. The monoisotopic (exact) mass is 388 g/mol. The average molecular weight is 389 g/mol. The molecule has 2 atom stereocenters. The van der Waals surface area contributed by atoms with Crippen molar-refractivity contribution in [3.05, 3.63) is 18.2 Å². The van der Waals surface area contributed by atoms with E-state index in [9.17, 15) is 4.79 Å². The fraction of sp³-hybridized carbons (Fsp3) is 0.611. The molecule has 1 aromatic carbocycles. The molecule has 0 aromatic heterocycles. The van der Waals surface area contributed by atoms with Gasteiger partial charge in [-0.25, -0.2) is 0 Å². The molecule has 25 heavy (non-hydrogen) atoms. The number of benzene rings is 1. The average Bonchev–Trinajstić information content (AvgIpc) is 2.61. The van der Waals surface area contributed by atoms with E-state index < -0.39 is 0 Å². The number of carbonyl (C=O) groups excluding carboxylic acids is 1. The summed E-state index contributed by atoms with van der Waals surface area (Å²) in [6.45, 7) is 3.62. The molecule has 0 bridgehead atoms. The van der Waals surface area contributed by atoms with Crippen LogP contribution in [0.5, 0.6) is 11.5 Å². The number of hydrogen-bond donors (Lipinski definition) is 1. The summed E-state index contributed by atoms with van der Waals surface area (Å²) < 4.78 is 10.5. The Bertz CT molecular complexity index is 559. The van der Waals surface area contributed by atoms with Gasteiger partial charge >= 0.3 is 0 Å². The molecule has 2 rings (SSSR count). The van der Waals surface area contributed by atoms with E-state index in [2.05, 4.69) is 6.92 Å². The Morgan fingerprint density at radius 1 is 1.32 bits per heavy atom. The lowest BCUT2D eigenvalue weighted by atomic mass is 9.92. The zero-order chi connectivity index (χ0) is 17.5. The summed E-state index contributed by atoms with van der Waals surface area (Å²) in [5.41, 5.74) is 5.85. The lowest BCUT2D eigenvalue weighted by molar-refractivity contribution is -0.134. The van der Waals surface area contributed by atoms with Crippen LogP contribution in [0.1, 0.15) is 26.2 Å². The van der Waals surface area contributed by atoms with Crippen molar-refractivity contribution in [2.75, 3.05) is 33.1 Å². The highest BCUT2D eigenvalue weighted by atomic mass is 35.5. The Balaban J connectivity index is 0.00000312. The molecule has 1 aliphatic heterocycles. The predicted octanol–water partition coefficient (Wildman–Crippen LogP) is 3.19. The van der Waals surface area contributed by atoms with Crippen LogP contribution in [0.4, 0.5) is 0 Å². The summed E-state index contributed by atoms with van der Waals surface area (Å²) in [4.78, 5) is 15.6. The Morgan fingerprint density at radius 3 is 2.68 bits per heavy atom. The molecule has 142 valence electrons. The van der Waals surface area contributed by atoms with Gasteiger partial charge in [-0.05, 0) is 37.0 Å². The van der Waals surface area contributed by atoms with Crippen LogP contribution < -0.4 is 15.2 Å². The molecule has 2 unspecified atom stereocenters. The second-order valence-corrected chi connectivity index (χ2v) is 7.39. The number of halogens is 1. The fourth-order valence-corrected chi connectivity index (χ4v) is 3.98. The number of rotatable bonds is 7. The minimum absolute atomic E-state index is 0. The van der Waals surface area contributed by atoms with Gasteiger partial charge in [-0.15, -0.1) is 24.2 Å². The summed E-state index contributed by atoms with van der Waals surface area (Å²) >= 11 is 1.66. The lowest BCUT2D eigenvalue weighted by Gasteiger charge is -2.38. The first-order chi connectivity index (χ1) is 11.6. The molecule has 0 saturated carbocycles. The van der Waals surface area contributed by atoms with Gasteiger partial charge in [-0.1, -0.05) is 6.92 Å². The SMILES string of the molecule is COc1ccc(SCCC(=O)N2CCC(C)CC2CN)cc1OC.Cl. The molecule has 1 aliphatic rings. The third kappa shape index (κ3) is 5.97. The second kappa shape index (κ2) is 10.8. The summed E-state index contributed by atoms with van der Waals surface area (Å²) in [6, 6.07) is 6.02. The van der Waals surface area contributed by atoms with Gasteiger partial charge in [-0.3, -0.25) is 4.79 Å². The Morgan fingerprint density at radius 2 is 2.04 bits per heavy atom. The highest BCUT2D eigenvalue weighted by Crippen LogP contribution is 2.32. The number of amides is 1. The minimum Gasteiger partial charge on any atom is -0.493 e. The molecular weight excluding hydrogens is 360 g/mol. The number of ether oxygens (including phenoxy) is 2. The maximum Gasteiger partial charge on any atom is 0.223 e. The van der Waals surface area contributed by atoms with E-state index in [1.165, 1.54) is 0 Å². The van der Waals surface area contributed by atoms with Crippen molar-refractivity contribution >= 4 is 30.1 Å². The van der Waals surface area contributed by atoms with E-state index in [1.807, 2.05) is 23.1 Å². The van der Waals surface area contributed by atoms with Gasteiger partial charge in [0.25, 0.3) is 0 Å². The van der Waals surface area contributed by atoms with E-state index >= 15 is 0 Å². The third-order valence-electron chi connectivity index (χ3n) is 4.51. The van der Waals surface area contributed by atoms with Crippen LogP contribution in [0.25, 0.3) is 0 Å². The van der Waals surface area contributed by atoms with E-state index in [4.69, 9.17) is 15.2 Å². The molecule has 2 N–H and O–H groups in total. The quantitative estimate of drug-likeness (QED) is 0.726. The molecule has 7 heteroatoms. The van der Waals surface area contributed by atoms with Gasteiger partial charge in [0.05, 0.1) is 14.2 Å². The first-order valence-electron chi connectivity index (χ1n) is 8.43. The molecule has 1 heterocycles. The predicted molar refractivity (Wildman–Crippen MR) is 105 cm³/mol. The smallest absolute Gasteiger partial charge is 0.223 e.